The van der Waals surface area contributed by atoms with Crippen LogP contribution in [0.1, 0.15) is 20.8 Å². The summed E-state index contributed by atoms with van der Waals surface area (Å²) in [5.74, 6) is 0.274. The molecule has 1 aliphatic rings. The molecule has 0 radical (unpaired) electrons. The number of hydrogen-bond donors (Lipinski definition) is 2. The highest BCUT2D eigenvalue weighted by molar-refractivity contribution is 5.96. The first kappa shape index (κ1) is 14.3. The summed E-state index contributed by atoms with van der Waals surface area (Å²) in [7, 11) is 0. The second-order valence-corrected chi connectivity index (χ2v) is 6.33. The molecule has 2 aromatic carbocycles. The van der Waals surface area contributed by atoms with Gasteiger partial charge in [0, 0.05) is 5.54 Å². The third kappa shape index (κ3) is 2.36. The van der Waals surface area contributed by atoms with Crippen molar-refractivity contribution in [2.24, 2.45) is 0 Å². The molecule has 0 saturated heterocycles. The number of ether oxygens (including phenoxy) is 1. The standard InChI is InChI=1S/C16H16N2O4/c1-16(2,3)18-13-12(14(20)15(13)21)8-4-5-9-10(6-8)22-7-11(19)17-9/h4-6,18H,7H2,1-3H3,(H,17,19). The highest BCUT2D eigenvalue weighted by Gasteiger charge is 2.26. The van der Waals surface area contributed by atoms with Gasteiger partial charge in [0.05, 0.1) is 16.9 Å². The topological polar surface area (TPSA) is 84.5 Å². The second-order valence-electron chi connectivity index (χ2n) is 6.33. The Kier molecular flexibility index (Phi) is 3.05. The van der Waals surface area contributed by atoms with Crippen LogP contribution in [0.3, 0.4) is 0 Å². The maximum absolute atomic E-state index is 11.9. The molecule has 0 aromatic heterocycles. The first-order chi connectivity index (χ1) is 10.3. The summed E-state index contributed by atoms with van der Waals surface area (Å²) in [5, 5.41) is 5.75. The molecule has 1 amide bonds. The molecular formula is C16H16N2O4. The Hall–Kier alpha value is -2.63. The average molecular weight is 300 g/mol. The lowest BCUT2D eigenvalue weighted by atomic mass is 9.96. The molecule has 2 aromatic rings. The Labute approximate surface area is 126 Å². The van der Waals surface area contributed by atoms with Crippen LogP contribution in [-0.2, 0) is 4.79 Å². The van der Waals surface area contributed by atoms with Crippen molar-refractivity contribution < 1.29 is 9.53 Å². The van der Waals surface area contributed by atoms with E-state index in [2.05, 4.69) is 10.6 Å². The van der Waals surface area contributed by atoms with Crippen molar-refractivity contribution in [1.29, 1.82) is 0 Å². The quantitative estimate of drug-likeness (QED) is 0.821. The van der Waals surface area contributed by atoms with Gasteiger partial charge in [0.1, 0.15) is 5.75 Å². The van der Waals surface area contributed by atoms with Gasteiger partial charge in [0.2, 0.25) is 10.9 Å². The van der Waals surface area contributed by atoms with Crippen LogP contribution in [0.2, 0.25) is 0 Å². The first-order valence-electron chi connectivity index (χ1n) is 6.95. The van der Waals surface area contributed by atoms with E-state index in [-0.39, 0.29) is 18.1 Å². The normalized spacial score (nSPS) is 14.2. The predicted molar refractivity (Wildman–Crippen MR) is 84.3 cm³/mol. The maximum atomic E-state index is 11.9. The van der Waals surface area contributed by atoms with Crippen LogP contribution in [-0.4, -0.2) is 18.1 Å². The SMILES string of the molecule is CC(C)(C)Nc1c(-c2ccc3c(c2)OCC(=O)N3)c(=O)c1=O. The van der Waals surface area contributed by atoms with Gasteiger partial charge in [-0.05, 0) is 38.5 Å². The number of benzene rings is 1. The largest absolute Gasteiger partial charge is 0.482 e. The predicted octanol–water partition coefficient (Wildman–Crippen LogP) is 1.49. The van der Waals surface area contributed by atoms with Gasteiger partial charge >= 0.3 is 0 Å². The molecule has 0 atom stereocenters. The lowest BCUT2D eigenvalue weighted by Crippen LogP contribution is -2.41. The summed E-state index contributed by atoms with van der Waals surface area (Å²) in [6.07, 6.45) is 0. The Morgan fingerprint density at radius 3 is 2.55 bits per heavy atom. The molecule has 1 heterocycles. The van der Waals surface area contributed by atoms with Gasteiger partial charge in [-0.25, -0.2) is 0 Å². The third-order valence-electron chi connectivity index (χ3n) is 3.31. The van der Waals surface area contributed by atoms with Crippen molar-refractivity contribution >= 4 is 17.3 Å². The van der Waals surface area contributed by atoms with E-state index < -0.39 is 10.9 Å². The monoisotopic (exact) mass is 300 g/mol. The van der Waals surface area contributed by atoms with Crippen LogP contribution in [0.15, 0.2) is 27.8 Å². The van der Waals surface area contributed by atoms with Crippen molar-refractivity contribution in [2.45, 2.75) is 26.3 Å². The summed E-state index contributed by atoms with van der Waals surface area (Å²) >= 11 is 0. The smallest absolute Gasteiger partial charge is 0.262 e. The zero-order chi connectivity index (χ0) is 16.1. The van der Waals surface area contributed by atoms with Gasteiger partial charge in [0.15, 0.2) is 6.61 Å². The Morgan fingerprint density at radius 2 is 1.86 bits per heavy atom. The van der Waals surface area contributed by atoms with Crippen molar-refractivity contribution in [1.82, 2.24) is 0 Å². The van der Waals surface area contributed by atoms with Crippen LogP contribution in [0.5, 0.6) is 5.75 Å². The van der Waals surface area contributed by atoms with E-state index in [0.29, 0.717) is 28.3 Å². The molecule has 0 fully saturated rings. The van der Waals surface area contributed by atoms with E-state index >= 15 is 0 Å². The molecule has 0 saturated carbocycles. The number of hydrogen-bond acceptors (Lipinski definition) is 5. The van der Waals surface area contributed by atoms with Gasteiger partial charge in [-0.15, -0.1) is 0 Å². The van der Waals surface area contributed by atoms with Crippen LogP contribution in [0, 0.1) is 0 Å². The minimum absolute atomic E-state index is 0.0600. The molecule has 0 spiro atoms. The molecule has 22 heavy (non-hydrogen) atoms. The Bertz CT molecular complexity index is 839. The van der Waals surface area contributed by atoms with Crippen molar-refractivity contribution in [3.05, 3.63) is 38.6 Å². The molecule has 6 heteroatoms. The molecule has 3 rings (SSSR count). The van der Waals surface area contributed by atoms with Crippen LogP contribution in [0.25, 0.3) is 11.1 Å². The molecular weight excluding hydrogens is 284 g/mol. The number of carbonyl (C=O) groups is 1. The van der Waals surface area contributed by atoms with Gasteiger partial charge in [-0.1, -0.05) is 6.07 Å². The van der Waals surface area contributed by atoms with Gasteiger partial charge in [0.25, 0.3) is 5.91 Å². The van der Waals surface area contributed by atoms with E-state index in [1.807, 2.05) is 20.8 Å². The second kappa shape index (κ2) is 4.69. The summed E-state index contributed by atoms with van der Waals surface area (Å²) in [4.78, 5) is 35.0. The maximum Gasteiger partial charge on any atom is 0.262 e. The van der Waals surface area contributed by atoms with Gasteiger partial charge < -0.3 is 15.4 Å². The summed E-state index contributed by atoms with van der Waals surface area (Å²) < 4.78 is 5.34. The van der Waals surface area contributed by atoms with E-state index in [9.17, 15) is 14.4 Å². The van der Waals surface area contributed by atoms with E-state index in [1.165, 1.54) is 0 Å². The first-order valence-corrected chi connectivity index (χ1v) is 6.95. The van der Waals surface area contributed by atoms with Gasteiger partial charge in [-0.2, -0.15) is 0 Å². The zero-order valence-electron chi connectivity index (χ0n) is 12.6. The third-order valence-corrected chi connectivity index (χ3v) is 3.31. The number of anilines is 2. The Morgan fingerprint density at radius 1 is 1.14 bits per heavy atom. The minimum Gasteiger partial charge on any atom is -0.482 e. The van der Waals surface area contributed by atoms with E-state index in [4.69, 9.17) is 4.74 Å². The number of fused-ring (bicyclic) bond motifs is 1. The molecule has 0 aliphatic carbocycles. The van der Waals surface area contributed by atoms with E-state index in [0.717, 1.165) is 0 Å². The fraction of sp³-hybridized carbons (Fsp3) is 0.312. The average Bonchev–Trinajstić information content (AvgIpc) is 2.45. The fourth-order valence-electron chi connectivity index (χ4n) is 2.39. The van der Waals surface area contributed by atoms with Crippen LogP contribution in [0.4, 0.5) is 11.4 Å². The molecule has 0 unspecified atom stereocenters. The lowest BCUT2D eigenvalue weighted by Gasteiger charge is -2.25. The van der Waals surface area contributed by atoms with E-state index in [1.54, 1.807) is 18.2 Å². The summed E-state index contributed by atoms with van der Waals surface area (Å²) in [5.41, 5.74) is 0.523. The number of carbonyl (C=O) groups excluding carboxylic acids is 1. The number of amides is 1. The molecule has 1 aliphatic heterocycles. The molecule has 114 valence electrons. The lowest BCUT2D eigenvalue weighted by molar-refractivity contribution is -0.118. The van der Waals surface area contributed by atoms with Crippen molar-refractivity contribution in [2.75, 3.05) is 17.2 Å². The fourth-order valence-corrected chi connectivity index (χ4v) is 2.39. The molecule has 0 bridgehead atoms. The van der Waals surface area contributed by atoms with Crippen molar-refractivity contribution in [3.63, 3.8) is 0 Å². The highest BCUT2D eigenvalue weighted by Crippen LogP contribution is 2.34. The molecule has 6 nitrogen and oxygen atoms in total. The minimum atomic E-state index is -0.508. The number of rotatable bonds is 2. The number of nitrogens with one attached hydrogen (secondary N) is 2. The van der Waals surface area contributed by atoms with Crippen LogP contribution < -0.4 is 26.2 Å². The summed E-state index contributed by atoms with van der Waals surface area (Å²) in [6.45, 7) is 5.69. The zero-order valence-corrected chi connectivity index (χ0v) is 12.6. The van der Waals surface area contributed by atoms with Crippen LogP contribution >= 0.6 is 0 Å². The Balaban J connectivity index is 2.03. The summed E-state index contributed by atoms with van der Waals surface area (Å²) in [6, 6.07) is 5.02. The molecule has 2 N–H and O–H groups in total. The van der Waals surface area contributed by atoms with Crippen molar-refractivity contribution in [3.8, 4) is 16.9 Å². The van der Waals surface area contributed by atoms with Gasteiger partial charge in [-0.3, -0.25) is 14.4 Å². The highest BCUT2D eigenvalue weighted by atomic mass is 16.5.